The van der Waals surface area contributed by atoms with Crippen LogP contribution in [0, 0.1) is 0 Å². The minimum Gasteiger partial charge on any atom is -0.485 e. The van der Waals surface area contributed by atoms with Crippen molar-refractivity contribution < 1.29 is 4.74 Å². The molecule has 1 unspecified atom stereocenters. The van der Waals surface area contributed by atoms with Gasteiger partial charge in [-0.15, -0.1) is 0 Å². The Morgan fingerprint density at radius 1 is 1.23 bits per heavy atom. The van der Waals surface area contributed by atoms with Gasteiger partial charge in [0, 0.05) is 10.8 Å². The van der Waals surface area contributed by atoms with Gasteiger partial charge in [0.05, 0.1) is 0 Å². The lowest BCUT2D eigenvalue weighted by molar-refractivity contribution is 0.295. The molecule has 0 amide bonds. The summed E-state index contributed by atoms with van der Waals surface area (Å²) in [6, 6.07) is 4.27. The molecular weight excluding hydrogens is 160 g/mol. The van der Waals surface area contributed by atoms with Crippen LogP contribution in [0.5, 0.6) is 5.75 Å². The summed E-state index contributed by atoms with van der Waals surface area (Å²) in [5.41, 5.74) is 1.23. The molecule has 1 aromatic carbocycles. The molecule has 0 N–H and O–H groups in total. The van der Waals surface area contributed by atoms with Gasteiger partial charge in [-0.25, -0.2) is 0 Å². The highest BCUT2D eigenvalue weighted by atomic mass is 16.5. The fourth-order valence-corrected chi connectivity index (χ4v) is 1.93. The highest BCUT2D eigenvalue weighted by Crippen LogP contribution is 2.19. The van der Waals surface area contributed by atoms with Crippen LogP contribution in [0.15, 0.2) is 18.2 Å². The molecule has 0 saturated heterocycles. The Morgan fingerprint density at radius 3 is 3.00 bits per heavy atom. The first kappa shape index (κ1) is 6.96. The van der Waals surface area contributed by atoms with Crippen LogP contribution >= 0.6 is 0 Å². The van der Waals surface area contributed by atoms with E-state index in [4.69, 9.17) is 4.74 Å². The minimum atomic E-state index is 0.218. The summed E-state index contributed by atoms with van der Waals surface area (Å²) >= 11 is 0. The van der Waals surface area contributed by atoms with Gasteiger partial charge in [0.25, 0.3) is 0 Å². The maximum absolute atomic E-state index is 5.72. The molecule has 1 aromatic rings. The van der Waals surface area contributed by atoms with E-state index in [0.29, 0.717) is 0 Å². The van der Waals surface area contributed by atoms with Crippen molar-refractivity contribution in [1.82, 2.24) is 0 Å². The number of allylic oxidation sites excluding steroid dienone is 1. The van der Waals surface area contributed by atoms with Crippen molar-refractivity contribution in [3.05, 3.63) is 34.2 Å². The highest BCUT2D eigenvalue weighted by Gasteiger charge is 2.15. The van der Waals surface area contributed by atoms with E-state index in [0.717, 1.165) is 5.75 Å². The quantitative estimate of drug-likeness (QED) is 0.565. The van der Waals surface area contributed by atoms with Crippen LogP contribution in [-0.4, -0.2) is 6.10 Å². The summed E-state index contributed by atoms with van der Waals surface area (Å²) in [6.45, 7) is 2.06. The van der Waals surface area contributed by atoms with Gasteiger partial charge in [0.2, 0.25) is 0 Å². The van der Waals surface area contributed by atoms with E-state index in [2.05, 4.69) is 43.4 Å². The Balaban J connectivity index is 2.39. The second kappa shape index (κ2) is 2.25. The van der Waals surface area contributed by atoms with Crippen molar-refractivity contribution in [2.24, 2.45) is 0 Å². The van der Waals surface area contributed by atoms with Gasteiger partial charge >= 0.3 is 0 Å². The predicted octanol–water partition coefficient (Wildman–Crippen LogP) is 1.06. The molecule has 0 radical (unpaired) electrons. The molecule has 1 aliphatic heterocycles. The molecule has 13 heavy (non-hydrogen) atoms. The van der Waals surface area contributed by atoms with Crippen molar-refractivity contribution in [3.63, 3.8) is 0 Å². The van der Waals surface area contributed by atoms with E-state index in [9.17, 15) is 0 Å². The number of rotatable bonds is 0. The van der Waals surface area contributed by atoms with Crippen molar-refractivity contribution in [2.75, 3.05) is 0 Å². The number of benzene rings is 1. The lowest BCUT2D eigenvalue weighted by Gasteiger charge is -2.05. The van der Waals surface area contributed by atoms with Crippen molar-refractivity contribution in [1.29, 1.82) is 0 Å². The van der Waals surface area contributed by atoms with Gasteiger partial charge in [0.1, 0.15) is 11.9 Å². The second-order valence-electron chi connectivity index (χ2n) is 3.50. The SMILES string of the molecule is CC1C=c2ccc3c(c2O1)C=CC=3. The number of fused-ring (bicyclic) bond motifs is 3. The summed E-state index contributed by atoms with van der Waals surface area (Å²) in [7, 11) is 0. The molecule has 2 aliphatic rings. The van der Waals surface area contributed by atoms with Crippen LogP contribution in [0.25, 0.3) is 18.2 Å². The average molecular weight is 170 g/mol. The van der Waals surface area contributed by atoms with Gasteiger partial charge in [0.15, 0.2) is 0 Å². The predicted molar refractivity (Wildman–Crippen MR) is 53.7 cm³/mol. The monoisotopic (exact) mass is 170 g/mol. The van der Waals surface area contributed by atoms with Crippen LogP contribution in [0.1, 0.15) is 12.5 Å². The van der Waals surface area contributed by atoms with Crippen LogP contribution < -0.4 is 15.2 Å². The molecular formula is C12H10O. The third-order valence-electron chi connectivity index (χ3n) is 2.52. The number of ether oxygens (including phenoxy) is 1. The summed E-state index contributed by atoms with van der Waals surface area (Å²) in [6.07, 6.45) is 8.66. The van der Waals surface area contributed by atoms with Gasteiger partial charge in [-0.3, -0.25) is 0 Å². The van der Waals surface area contributed by atoms with E-state index in [1.54, 1.807) is 0 Å². The van der Waals surface area contributed by atoms with E-state index >= 15 is 0 Å². The van der Waals surface area contributed by atoms with Crippen LogP contribution in [0.3, 0.4) is 0 Å². The first-order valence-electron chi connectivity index (χ1n) is 4.54. The maximum atomic E-state index is 5.72. The standard InChI is InChI=1S/C12H10O/c1-8-7-10-6-5-9-3-2-4-11(9)12(10)13-8/h2-8H,1H3. The lowest BCUT2D eigenvalue weighted by Crippen LogP contribution is -2.11. The fraction of sp³-hybridized carbons (Fsp3) is 0.167. The number of hydrogen-bond donors (Lipinski definition) is 0. The molecule has 64 valence electrons. The van der Waals surface area contributed by atoms with Gasteiger partial charge in [-0.1, -0.05) is 30.4 Å². The largest absolute Gasteiger partial charge is 0.485 e. The molecule has 1 nitrogen and oxygen atoms in total. The zero-order valence-corrected chi connectivity index (χ0v) is 7.45. The maximum Gasteiger partial charge on any atom is 0.135 e. The highest BCUT2D eigenvalue weighted by molar-refractivity contribution is 5.72. The zero-order chi connectivity index (χ0) is 8.84. The second-order valence-corrected chi connectivity index (χ2v) is 3.50. The van der Waals surface area contributed by atoms with E-state index in [1.807, 2.05) is 0 Å². The third-order valence-corrected chi connectivity index (χ3v) is 2.52. The molecule has 3 rings (SSSR count). The summed E-state index contributed by atoms with van der Waals surface area (Å²) in [5.74, 6) is 1.05. The van der Waals surface area contributed by atoms with Crippen LogP contribution in [-0.2, 0) is 0 Å². The van der Waals surface area contributed by atoms with E-state index in [1.165, 1.54) is 16.0 Å². The van der Waals surface area contributed by atoms with Crippen molar-refractivity contribution in [3.8, 4) is 5.75 Å². The van der Waals surface area contributed by atoms with Crippen LogP contribution in [0.2, 0.25) is 0 Å². The van der Waals surface area contributed by atoms with Gasteiger partial charge in [-0.05, 0) is 18.2 Å². The fourth-order valence-electron chi connectivity index (χ4n) is 1.93. The molecule has 0 bridgehead atoms. The van der Waals surface area contributed by atoms with Crippen LogP contribution in [0.4, 0.5) is 0 Å². The summed E-state index contributed by atoms with van der Waals surface area (Å²) in [5, 5.41) is 2.49. The first-order chi connectivity index (χ1) is 6.34. The third kappa shape index (κ3) is 0.872. The molecule has 0 fully saturated rings. The Kier molecular flexibility index (Phi) is 1.21. The van der Waals surface area contributed by atoms with E-state index in [-0.39, 0.29) is 6.10 Å². The minimum absolute atomic E-state index is 0.218. The zero-order valence-electron chi connectivity index (χ0n) is 7.45. The Labute approximate surface area is 76.7 Å². The Bertz CT molecular complexity index is 509. The molecule has 0 aromatic heterocycles. The first-order valence-corrected chi connectivity index (χ1v) is 4.54. The molecule has 1 heterocycles. The van der Waals surface area contributed by atoms with Crippen molar-refractivity contribution in [2.45, 2.75) is 13.0 Å². The normalized spacial score (nSPS) is 21.5. The topological polar surface area (TPSA) is 9.23 Å². The smallest absolute Gasteiger partial charge is 0.135 e. The molecule has 0 spiro atoms. The lowest BCUT2D eigenvalue weighted by atomic mass is 10.1. The Morgan fingerprint density at radius 2 is 2.08 bits per heavy atom. The molecule has 1 atom stereocenters. The number of hydrogen-bond acceptors (Lipinski definition) is 1. The Hall–Kier alpha value is -1.50. The summed E-state index contributed by atoms with van der Waals surface area (Å²) < 4.78 is 5.72. The molecule has 0 saturated carbocycles. The van der Waals surface area contributed by atoms with Crippen molar-refractivity contribution >= 4 is 18.2 Å². The average Bonchev–Trinajstić information content (AvgIpc) is 2.65. The van der Waals surface area contributed by atoms with Gasteiger partial charge < -0.3 is 4.74 Å². The van der Waals surface area contributed by atoms with E-state index < -0.39 is 0 Å². The molecule has 1 aliphatic carbocycles. The summed E-state index contributed by atoms with van der Waals surface area (Å²) in [4.78, 5) is 0. The molecule has 1 heteroatoms. The van der Waals surface area contributed by atoms with Gasteiger partial charge in [-0.2, -0.15) is 0 Å².